The highest BCUT2D eigenvalue weighted by Gasteiger charge is 2.08. The number of hydrogen-bond acceptors (Lipinski definition) is 5. The van der Waals surface area contributed by atoms with Gasteiger partial charge in [0.15, 0.2) is 11.5 Å². The van der Waals surface area contributed by atoms with Crippen LogP contribution in [0.15, 0.2) is 30.5 Å². The Bertz CT molecular complexity index is 640. The van der Waals surface area contributed by atoms with E-state index in [1.807, 2.05) is 38.1 Å². The number of aromatic nitrogens is 3. The fraction of sp³-hybridized carbons (Fsp3) is 0.438. The summed E-state index contributed by atoms with van der Waals surface area (Å²) in [6.45, 7) is 5.14. The Balaban J connectivity index is 1.86. The molecule has 0 unspecified atom stereocenters. The van der Waals surface area contributed by atoms with E-state index in [1.165, 1.54) is 4.68 Å². The third-order valence-electron chi connectivity index (χ3n) is 3.04. The molecule has 2 rings (SSSR count). The lowest BCUT2D eigenvalue weighted by atomic mass is 10.2. The van der Waals surface area contributed by atoms with Crippen molar-refractivity contribution in [2.24, 2.45) is 5.92 Å². The van der Waals surface area contributed by atoms with Gasteiger partial charge in [0.25, 0.3) is 0 Å². The van der Waals surface area contributed by atoms with Crippen molar-refractivity contribution in [3.63, 3.8) is 0 Å². The molecule has 0 saturated carbocycles. The zero-order valence-electron chi connectivity index (χ0n) is 13.7. The van der Waals surface area contributed by atoms with E-state index in [9.17, 15) is 4.79 Å². The average Bonchev–Trinajstić information content (AvgIpc) is 2.98. The van der Waals surface area contributed by atoms with Crippen LogP contribution in [0.4, 0.5) is 0 Å². The quantitative estimate of drug-likeness (QED) is 0.800. The van der Waals surface area contributed by atoms with E-state index in [2.05, 4.69) is 15.6 Å². The number of nitrogens with zero attached hydrogens (tertiary/aromatic N) is 3. The van der Waals surface area contributed by atoms with Crippen molar-refractivity contribution >= 4 is 5.91 Å². The molecule has 0 aliphatic heterocycles. The van der Waals surface area contributed by atoms with Crippen LogP contribution < -0.4 is 14.8 Å². The largest absolute Gasteiger partial charge is 0.493 e. The summed E-state index contributed by atoms with van der Waals surface area (Å²) in [4.78, 5) is 11.7. The van der Waals surface area contributed by atoms with Crippen LogP contribution in [0.1, 0.15) is 19.5 Å². The van der Waals surface area contributed by atoms with Crippen molar-refractivity contribution in [1.29, 1.82) is 0 Å². The molecule has 7 heteroatoms. The third-order valence-corrected chi connectivity index (χ3v) is 3.04. The minimum atomic E-state index is -0.0826. The van der Waals surface area contributed by atoms with Crippen LogP contribution in [0.5, 0.6) is 11.5 Å². The van der Waals surface area contributed by atoms with Gasteiger partial charge in [-0.3, -0.25) is 4.79 Å². The summed E-state index contributed by atoms with van der Waals surface area (Å²) in [6.07, 6.45) is 1.70. The minimum Gasteiger partial charge on any atom is -0.493 e. The highest BCUT2D eigenvalue weighted by atomic mass is 16.5. The summed E-state index contributed by atoms with van der Waals surface area (Å²) in [7, 11) is 1.59. The van der Waals surface area contributed by atoms with Gasteiger partial charge < -0.3 is 14.8 Å². The van der Waals surface area contributed by atoms with Gasteiger partial charge in [-0.2, -0.15) is 0 Å². The second-order valence-electron chi connectivity index (χ2n) is 5.54. The Morgan fingerprint density at radius 3 is 2.74 bits per heavy atom. The van der Waals surface area contributed by atoms with E-state index < -0.39 is 0 Å². The van der Waals surface area contributed by atoms with Crippen molar-refractivity contribution in [3.05, 3.63) is 36.2 Å². The predicted molar refractivity (Wildman–Crippen MR) is 85.2 cm³/mol. The van der Waals surface area contributed by atoms with E-state index in [0.717, 1.165) is 0 Å². The number of para-hydroxylation sites is 2. The second kappa shape index (κ2) is 8.17. The normalized spacial score (nSPS) is 10.6. The Morgan fingerprint density at radius 1 is 1.30 bits per heavy atom. The first-order valence-electron chi connectivity index (χ1n) is 7.50. The van der Waals surface area contributed by atoms with Crippen LogP contribution in [0.3, 0.4) is 0 Å². The van der Waals surface area contributed by atoms with Gasteiger partial charge in [0.05, 0.1) is 13.3 Å². The zero-order valence-corrected chi connectivity index (χ0v) is 13.7. The SMILES string of the molecule is COc1ccccc1OCc1cn(CC(=O)NCC(C)C)nn1. The minimum absolute atomic E-state index is 0.0826. The Labute approximate surface area is 135 Å². The van der Waals surface area contributed by atoms with Crippen molar-refractivity contribution in [1.82, 2.24) is 20.3 Å². The number of benzene rings is 1. The van der Waals surface area contributed by atoms with Gasteiger partial charge in [0.1, 0.15) is 18.8 Å². The van der Waals surface area contributed by atoms with Crippen LogP contribution in [-0.2, 0) is 17.9 Å². The Morgan fingerprint density at radius 2 is 2.04 bits per heavy atom. The highest BCUT2D eigenvalue weighted by molar-refractivity contribution is 5.75. The molecule has 1 aromatic carbocycles. The van der Waals surface area contributed by atoms with Gasteiger partial charge in [-0.05, 0) is 18.1 Å². The first-order valence-corrected chi connectivity index (χ1v) is 7.50. The lowest BCUT2D eigenvalue weighted by molar-refractivity contribution is -0.122. The number of rotatable bonds is 8. The Kier molecular flexibility index (Phi) is 5.96. The van der Waals surface area contributed by atoms with Crippen LogP contribution >= 0.6 is 0 Å². The third kappa shape index (κ3) is 5.28. The highest BCUT2D eigenvalue weighted by Crippen LogP contribution is 2.26. The number of carbonyl (C=O) groups excluding carboxylic acids is 1. The topological polar surface area (TPSA) is 78.3 Å². The molecule has 0 spiro atoms. The fourth-order valence-corrected chi connectivity index (χ4v) is 1.89. The smallest absolute Gasteiger partial charge is 0.241 e. The van der Waals surface area contributed by atoms with E-state index in [-0.39, 0.29) is 19.1 Å². The van der Waals surface area contributed by atoms with Crippen molar-refractivity contribution < 1.29 is 14.3 Å². The lowest BCUT2D eigenvalue weighted by Gasteiger charge is -2.08. The number of hydrogen-bond donors (Lipinski definition) is 1. The fourth-order valence-electron chi connectivity index (χ4n) is 1.89. The molecule has 0 saturated heterocycles. The summed E-state index contributed by atoms with van der Waals surface area (Å²) in [6, 6.07) is 7.39. The average molecular weight is 318 g/mol. The number of nitrogens with one attached hydrogen (secondary N) is 1. The number of ether oxygens (including phenoxy) is 2. The molecule has 1 N–H and O–H groups in total. The van der Waals surface area contributed by atoms with Gasteiger partial charge in [-0.1, -0.05) is 31.2 Å². The van der Waals surface area contributed by atoms with Gasteiger partial charge in [0.2, 0.25) is 5.91 Å². The summed E-state index contributed by atoms with van der Waals surface area (Å²) < 4.78 is 12.4. The molecule has 1 heterocycles. The molecular formula is C16H22N4O3. The molecule has 124 valence electrons. The van der Waals surface area contributed by atoms with Gasteiger partial charge >= 0.3 is 0 Å². The molecule has 2 aromatic rings. The van der Waals surface area contributed by atoms with E-state index >= 15 is 0 Å². The molecule has 1 aromatic heterocycles. The molecule has 0 atom stereocenters. The van der Waals surface area contributed by atoms with Crippen LogP contribution in [0, 0.1) is 5.92 Å². The second-order valence-corrected chi connectivity index (χ2v) is 5.54. The first kappa shape index (κ1) is 16.8. The maximum atomic E-state index is 11.7. The number of amides is 1. The van der Waals surface area contributed by atoms with Gasteiger partial charge in [-0.25, -0.2) is 4.68 Å². The lowest BCUT2D eigenvalue weighted by Crippen LogP contribution is -2.30. The van der Waals surface area contributed by atoms with Gasteiger partial charge in [-0.15, -0.1) is 5.10 Å². The van der Waals surface area contributed by atoms with Gasteiger partial charge in [0, 0.05) is 6.54 Å². The number of methoxy groups -OCH3 is 1. The van der Waals surface area contributed by atoms with E-state index in [4.69, 9.17) is 9.47 Å². The Hall–Kier alpha value is -2.57. The first-order chi connectivity index (χ1) is 11.1. The molecule has 1 amide bonds. The summed E-state index contributed by atoms with van der Waals surface area (Å²) in [5.41, 5.74) is 0.646. The van der Waals surface area contributed by atoms with Crippen molar-refractivity contribution in [2.45, 2.75) is 27.0 Å². The van der Waals surface area contributed by atoms with Crippen LogP contribution in [0.2, 0.25) is 0 Å². The maximum absolute atomic E-state index is 11.7. The molecule has 0 aliphatic rings. The van der Waals surface area contributed by atoms with E-state index in [1.54, 1.807) is 13.3 Å². The maximum Gasteiger partial charge on any atom is 0.241 e. The molecule has 0 bridgehead atoms. The summed E-state index contributed by atoms with van der Waals surface area (Å²) in [5.74, 6) is 1.63. The molecular weight excluding hydrogens is 296 g/mol. The van der Waals surface area contributed by atoms with Crippen LogP contribution in [-0.4, -0.2) is 34.6 Å². The van der Waals surface area contributed by atoms with E-state index in [0.29, 0.717) is 29.7 Å². The molecule has 23 heavy (non-hydrogen) atoms. The summed E-state index contributed by atoms with van der Waals surface area (Å²) >= 11 is 0. The zero-order chi connectivity index (χ0) is 16.7. The monoisotopic (exact) mass is 318 g/mol. The summed E-state index contributed by atoms with van der Waals surface area (Å²) in [5, 5.41) is 10.8. The van der Waals surface area contributed by atoms with Crippen LogP contribution in [0.25, 0.3) is 0 Å². The van der Waals surface area contributed by atoms with Crippen molar-refractivity contribution in [3.8, 4) is 11.5 Å². The standard InChI is InChI=1S/C16H22N4O3/c1-12(2)8-17-16(21)10-20-9-13(18-19-20)11-23-15-7-5-4-6-14(15)22-3/h4-7,9,12H,8,10-11H2,1-3H3,(H,17,21). The number of carbonyl (C=O) groups is 1. The molecule has 0 fully saturated rings. The predicted octanol–water partition coefficient (Wildman–Crippen LogP) is 1.64. The molecule has 7 nitrogen and oxygen atoms in total. The van der Waals surface area contributed by atoms with Crippen molar-refractivity contribution in [2.75, 3.05) is 13.7 Å². The molecule has 0 radical (unpaired) electrons. The molecule has 0 aliphatic carbocycles.